The Hall–Kier alpha value is -0.313. The third-order valence-corrected chi connectivity index (χ3v) is 3.74. The number of hydrogen-bond acceptors (Lipinski definition) is 2. The third kappa shape index (κ3) is 1.83. The van der Waals surface area contributed by atoms with Crippen molar-refractivity contribution >= 4 is 15.5 Å². The van der Waals surface area contributed by atoms with Crippen molar-refractivity contribution in [2.45, 2.75) is 31.4 Å². The smallest absolute Gasteiger partial charge is 0.305 e. The highest BCUT2D eigenvalue weighted by molar-refractivity contribution is 6.42. The van der Waals surface area contributed by atoms with Crippen molar-refractivity contribution in [1.82, 2.24) is 0 Å². The highest BCUT2D eigenvalue weighted by atomic mass is 28.2. The summed E-state index contributed by atoms with van der Waals surface area (Å²) in [5.74, 6) is 0.0756. The van der Waals surface area contributed by atoms with Crippen LogP contribution in [0.5, 0.6) is 0 Å². The van der Waals surface area contributed by atoms with Gasteiger partial charge in [0.05, 0.1) is 6.61 Å². The molecule has 1 aliphatic rings. The van der Waals surface area contributed by atoms with Crippen molar-refractivity contribution in [3.8, 4) is 0 Å². The maximum absolute atomic E-state index is 11.1. The van der Waals surface area contributed by atoms with Gasteiger partial charge in [-0.15, -0.1) is 0 Å². The van der Waals surface area contributed by atoms with Crippen LogP contribution in [0.3, 0.4) is 0 Å². The fourth-order valence-corrected chi connectivity index (χ4v) is 2.42. The van der Waals surface area contributed by atoms with Crippen LogP contribution < -0.4 is 0 Å². The van der Waals surface area contributed by atoms with E-state index in [1.54, 1.807) is 0 Å². The van der Waals surface area contributed by atoms with Gasteiger partial charge in [0.15, 0.2) is 0 Å². The molecule has 58 valence electrons. The minimum Gasteiger partial charge on any atom is -0.466 e. The Bertz CT molecular complexity index is 125. The molecule has 1 heterocycles. The molecule has 0 radical (unpaired) electrons. The molecule has 1 aliphatic heterocycles. The zero-order valence-corrected chi connectivity index (χ0v) is 7.84. The number of rotatable bonds is 1. The summed E-state index contributed by atoms with van der Waals surface area (Å²) in [5.41, 5.74) is 0.322. The Kier molecular flexibility index (Phi) is 2.93. The van der Waals surface area contributed by atoms with Gasteiger partial charge in [-0.25, -0.2) is 0 Å². The van der Waals surface area contributed by atoms with E-state index in [1.807, 2.05) is 0 Å². The Balaban J connectivity index is 2.43. The predicted octanol–water partition coefficient (Wildman–Crippen LogP) is 0.719. The predicted molar refractivity (Wildman–Crippen MR) is 43.0 cm³/mol. The second kappa shape index (κ2) is 3.76. The van der Waals surface area contributed by atoms with Crippen LogP contribution in [-0.4, -0.2) is 22.1 Å². The molecule has 0 bridgehead atoms. The molecule has 0 spiro atoms. The molecule has 10 heavy (non-hydrogen) atoms. The zero-order valence-electron chi connectivity index (χ0n) is 6.43. The van der Waals surface area contributed by atoms with Gasteiger partial charge >= 0.3 is 5.97 Å². The molecule has 0 aliphatic carbocycles. The fraction of sp³-hybridized carbons (Fsp3) is 0.857. The molecular formula is C7H14O2Si. The topological polar surface area (TPSA) is 26.3 Å². The monoisotopic (exact) mass is 158 g/mol. The normalized spacial score (nSPS) is 28.5. The van der Waals surface area contributed by atoms with Gasteiger partial charge in [0.1, 0.15) is 0 Å². The quantitative estimate of drug-likeness (QED) is 0.415. The zero-order chi connectivity index (χ0) is 7.40. The molecule has 1 saturated heterocycles. The van der Waals surface area contributed by atoms with Crippen LogP contribution >= 0.6 is 0 Å². The van der Waals surface area contributed by atoms with Crippen LogP contribution in [0.25, 0.3) is 0 Å². The lowest BCUT2D eigenvalue weighted by molar-refractivity contribution is -0.142. The first kappa shape index (κ1) is 7.79. The molecule has 0 saturated carbocycles. The van der Waals surface area contributed by atoms with Crippen LogP contribution in [0.15, 0.2) is 0 Å². The number of cyclic esters (lactones) is 1. The first-order valence-electron chi connectivity index (χ1n) is 4.01. The highest BCUT2D eigenvalue weighted by Crippen LogP contribution is 2.19. The van der Waals surface area contributed by atoms with Gasteiger partial charge < -0.3 is 4.74 Å². The SMILES string of the molecule is C[SiH2]C1CCCCOC1=O. The van der Waals surface area contributed by atoms with Crippen LogP contribution in [0.1, 0.15) is 19.3 Å². The van der Waals surface area contributed by atoms with E-state index in [0.717, 1.165) is 12.8 Å². The number of carbonyl (C=O) groups excluding carboxylic acids is 1. The van der Waals surface area contributed by atoms with E-state index in [4.69, 9.17) is 4.74 Å². The van der Waals surface area contributed by atoms with Gasteiger partial charge in [0.25, 0.3) is 0 Å². The van der Waals surface area contributed by atoms with E-state index >= 15 is 0 Å². The van der Waals surface area contributed by atoms with E-state index in [-0.39, 0.29) is 15.5 Å². The van der Waals surface area contributed by atoms with E-state index in [9.17, 15) is 4.79 Å². The minimum absolute atomic E-state index is 0.0756. The van der Waals surface area contributed by atoms with Crippen molar-refractivity contribution in [2.24, 2.45) is 0 Å². The van der Waals surface area contributed by atoms with Crippen molar-refractivity contribution in [3.05, 3.63) is 0 Å². The maximum Gasteiger partial charge on any atom is 0.305 e. The summed E-state index contributed by atoms with van der Waals surface area (Å²) in [6, 6.07) is 0. The Morgan fingerprint density at radius 2 is 2.40 bits per heavy atom. The molecule has 1 atom stereocenters. The van der Waals surface area contributed by atoms with Gasteiger partial charge in [-0.3, -0.25) is 4.79 Å². The van der Waals surface area contributed by atoms with E-state index in [2.05, 4.69) is 6.55 Å². The Labute approximate surface area is 63.8 Å². The van der Waals surface area contributed by atoms with Gasteiger partial charge in [-0.2, -0.15) is 0 Å². The Morgan fingerprint density at radius 1 is 1.60 bits per heavy atom. The van der Waals surface area contributed by atoms with Crippen molar-refractivity contribution in [3.63, 3.8) is 0 Å². The number of hydrogen-bond donors (Lipinski definition) is 0. The second-order valence-corrected chi connectivity index (χ2v) is 4.57. The number of esters is 1. The molecule has 0 aromatic carbocycles. The van der Waals surface area contributed by atoms with E-state index in [0.29, 0.717) is 12.1 Å². The number of ether oxygens (including phenoxy) is 1. The van der Waals surface area contributed by atoms with Crippen LogP contribution in [-0.2, 0) is 9.53 Å². The summed E-state index contributed by atoms with van der Waals surface area (Å²) >= 11 is 0. The van der Waals surface area contributed by atoms with E-state index < -0.39 is 0 Å². The average molecular weight is 158 g/mol. The van der Waals surface area contributed by atoms with Crippen molar-refractivity contribution in [1.29, 1.82) is 0 Å². The average Bonchev–Trinajstić information content (AvgIpc) is 2.13. The molecule has 0 aromatic rings. The van der Waals surface area contributed by atoms with Crippen molar-refractivity contribution in [2.75, 3.05) is 6.61 Å². The molecule has 2 nitrogen and oxygen atoms in total. The summed E-state index contributed by atoms with van der Waals surface area (Å²) < 4.78 is 5.00. The first-order valence-corrected chi connectivity index (χ1v) is 6.24. The van der Waals surface area contributed by atoms with Gasteiger partial charge in [0, 0.05) is 15.1 Å². The summed E-state index contributed by atoms with van der Waals surface area (Å²) in [7, 11) is -0.176. The molecule has 3 heteroatoms. The maximum atomic E-state index is 11.1. The second-order valence-electron chi connectivity index (χ2n) is 2.77. The summed E-state index contributed by atoms with van der Waals surface area (Å²) in [4.78, 5) is 11.1. The molecule has 1 rings (SSSR count). The molecule has 1 unspecified atom stereocenters. The van der Waals surface area contributed by atoms with Gasteiger partial charge in [-0.1, -0.05) is 6.55 Å². The molecule has 1 fully saturated rings. The molecular weight excluding hydrogens is 144 g/mol. The third-order valence-electron chi connectivity index (χ3n) is 2.02. The van der Waals surface area contributed by atoms with Gasteiger partial charge in [-0.05, 0) is 19.3 Å². The summed E-state index contributed by atoms with van der Waals surface area (Å²) in [5, 5.41) is 0. The Morgan fingerprint density at radius 3 is 3.10 bits per heavy atom. The van der Waals surface area contributed by atoms with Gasteiger partial charge in [0.2, 0.25) is 0 Å². The summed E-state index contributed by atoms with van der Waals surface area (Å²) in [6.45, 7) is 2.83. The fourth-order valence-electron chi connectivity index (χ4n) is 1.27. The first-order chi connectivity index (χ1) is 4.84. The van der Waals surface area contributed by atoms with Crippen LogP contribution in [0, 0.1) is 0 Å². The molecule has 0 N–H and O–H groups in total. The largest absolute Gasteiger partial charge is 0.466 e. The number of carbonyl (C=O) groups is 1. The lowest BCUT2D eigenvalue weighted by Crippen LogP contribution is -2.13. The standard InChI is InChI=1S/C7H14O2Si/c1-10-6-4-2-3-5-9-7(6)8/h6H,2-5,10H2,1H3. The lowest BCUT2D eigenvalue weighted by atomic mass is 10.2. The van der Waals surface area contributed by atoms with Crippen LogP contribution in [0.2, 0.25) is 12.1 Å². The van der Waals surface area contributed by atoms with Crippen LogP contribution in [0.4, 0.5) is 0 Å². The summed E-state index contributed by atoms with van der Waals surface area (Å²) in [6.07, 6.45) is 3.33. The lowest BCUT2D eigenvalue weighted by Gasteiger charge is -2.06. The molecule has 0 amide bonds. The highest BCUT2D eigenvalue weighted by Gasteiger charge is 2.19. The van der Waals surface area contributed by atoms with E-state index in [1.165, 1.54) is 6.42 Å². The van der Waals surface area contributed by atoms with Crippen molar-refractivity contribution < 1.29 is 9.53 Å². The minimum atomic E-state index is -0.176. The molecule has 0 aromatic heterocycles.